The Morgan fingerprint density at radius 1 is 1.24 bits per heavy atom. The molecule has 1 aliphatic rings. The minimum absolute atomic E-state index is 0.114. The average molecular weight is 298 g/mol. The van der Waals surface area contributed by atoms with Gasteiger partial charge in [0.15, 0.2) is 0 Å². The fraction of sp³-hybridized carbons (Fsp3) is 0.235. The molecule has 0 radical (unpaired) electrons. The van der Waals surface area contributed by atoms with Gasteiger partial charge < -0.3 is 9.62 Å². The number of nitrogens with zero attached hydrogens (tertiary/aromatic N) is 1. The Hall–Kier alpha value is -1.94. The summed E-state index contributed by atoms with van der Waals surface area (Å²) in [6, 6.07) is 16.4. The first kappa shape index (κ1) is 14.0. The number of amides is 1. The summed E-state index contributed by atoms with van der Waals surface area (Å²) in [6.45, 7) is 4.58. The van der Waals surface area contributed by atoms with Crippen molar-refractivity contribution in [3.05, 3.63) is 54.1 Å². The third-order valence-electron chi connectivity index (χ3n) is 3.72. The topological polar surface area (TPSA) is 32.3 Å². The van der Waals surface area contributed by atoms with Crippen LogP contribution in [0.4, 0.5) is 11.4 Å². The van der Waals surface area contributed by atoms with Crippen molar-refractivity contribution >= 4 is 29.2 Å². The molecule has 0 aliphatic carbocycles. The van der Waals surface area contributed by atoms with E-state index >= 15 is 0 Å². The van der Waals surface area contributed by atoms with Crippen LogP contribution in [0.5, 0.6) is 0 Å². The van der Waals surface area contributed by atoms with Crippen LogP contribution in [0.25, 0.3) is 0 Å². The van der Waals surface area contributed by atoms with Gasteiger partial charge in [0, 0.05) is 35.7 Å². The molecule has 1 amide bonds. The lowest BCUT2D eigenvalue weighted by atomic mass is 10.0. The predicted molar refractivity (Wildman–Crippen MR) is 88.8 cm³/mol. The summed E-state index contributed by atoms with van der Waals surface area (Å²) in [5.74, 6) is 0.504. The van der Waals surface area contributed by atoms with Gasteiger partial charge in [0.05, 0.1) is 0 Å². The molecule has 1 heterocycles. The van der Waals surface area contributed by atoms with Gasteiger partial charge in [0.2, 0.25) is 5.91 Å². The van der Waals surface area contributed by atoms with Gasteiger partial charge in [0.25, 0.3) is 0 Å². The molecular weight excluding hydrogens is 280 g/mol. The van der Waals surface area contributed by atoms with Gasteiger partial charge in [-0.25, -0.2) is 0 Å². The van der Waals surface area contributed by atoms with Crippen LogP contribution in [0.3, 0.4) is 0 Å². The first-order chi connectivity index (χ1) is 10.1. The predicted octanol–water partition coefficient (Wildman–Crippen LogP) is 4.28. The standard InChI is InChI=1S/C17H18N2OS/c1-12-11-19(13(2)20)17-9-8-15(10-16(12)17)21-18-14-6-4-3-5-7-14/h3-10,12,18H,11H2,1-2H3. The molecule has 4 heteroatoms. The number of nitrogens with one attached hydrogen (secondary N) is 1. The molecule has 3 nitrogen and oxygen atoms in total. The van der Waals surface area contributed by atoms with Crippen LogP contribution in [0.15, 0.2) is 53.4 Å². The molecule has 1 unspecified atom stereocenters. The molecule has 2 aromatic carbocycles. The number of carbonyl (C=O) groups is 1. The van der Waals surface area contributed by atoms with E-state index in [-0.39, 0.29) is 5.91 Å². The molecule has 2 aromatic rings. The summed E-state index contributed by atoms with van der Waals surface area (Å²) < 4.78 is 3.34. The summed E-state index contributed by atoms with van der Waals surface area (Å²) in [6.07, 6.45) is 0. The zero-order valence-corrected chi connectivity index (χ0v) is 13.0. The molecule has 1 atom stereocenters. The van der Waals surface area contributed by atoms with Crippen LogP contribution in [0.1, 0.15) is 25.3 Å². The summed E-state index contributed by atoms with van der Waals surface area (Å²) >= 11 is 1.60. The van der Waals surface area contributed by atoms with E-state index in [1.54, 1.807) is 18.9 Å². The fourth-order valence-corrected chi connectivity index (χ4v) is 3.32. The minimum atomic E-state index is 0.114. The number of anilines is 2. The molecular formula is C17H18N2OS. The number of hydrogen-bond acceptors (Lipinski definition) is 3. The Morgan fingerprint density at radius 3 is 2.71 bits per heavy atom. The van der Waals surface area contributed by atoms with Crippen molar-refractivity contribution in [2.75, 3.05) is 16.2 Å². The normalized spacial score (nSPS) is 16.7. The highest BCUT2D eigenvalue weighted by molar-refractivity contribution is 8.00. The van der Waals surface area contributed by atoms with Crippen LogP contribution < -0.4 is 9.62 Å². The third kappa shape index (κ3) is 2.90. The van der Waals surface area contributed by atoms with Gasteiger partial charge in [-0.15, -0.1) is 0 Å². The quantitative estimate of drug-likeness (QED) is 0.859. The van der Waals surface area contributed by atoms with E-state index in [0.717, 1.165) is 22.8 Å². The molecule has 0 saturated carbocycles. The Labute approximate surface area is 129 Å². The number of carbonyl (C=O) groups excluding carboxylic acids is 1. The maximum Gasteiger partial charge on any atom is 0.223 e. The number of para-hydroxylation sites is 1. The maximum absolute atomic E-state index is 11.7. The summed E-state index contributed by atoms with van der Waals surface area (Å²) in [5.41, 5.74) is 3.39. The highest BCUT2D eigenvalue weighted by atomic mass is 32.2. The molecule has 0 aromatic heterocycles. The van der Waals surface area contributed by atoms with Gasteiger partial charge in [0.1, 0.15) is 0 Å². The fourth-order valence-electron chi connectivity index (χ4n) is 2.63. The van der Waals surface area contributed by atoms with Crippen LogP contribution in [-0.4, -0.2) is 12.5 Å². The van der Waals surface area contributed by atoms with Gasteiger partial charge in [-0.1, -0.05) is 25.1 Å². The van der Waals surface area contributed by atoms with Crippen molar-refractivity contribution < 1.29 is 4.79 Å². The van der Waals surface area contributed by atoms with Crippen molar-refractivity contribution in [3.8, 4) is 0 Å². The van der Waals surface area contributed by atoms with E-state index in [0.29, 0.717) is 5.92 Å². The smallest absolute Gasteiger partial charge is 0.223 e. The SMILES string of the molecule is CC(=O)N1CC(C)c2cc(SNc3ccccc3)ccc21. The zero-order chi connectivity index (χ0) is 14.8. The lowest BCUT2D eigenvalue weighted by Crippen LogP contribution is -2.26. The molecule has 0 spiro atoms. The largest absolute Gasteiger partial charge is 0.326 e. The van der Waals surface area contributed by atoms with E-state index in [4.69, 9.17) is 0 Å². The second kappa shape index (κ2) is 5.82. The molecule has 1 N–H and O–H groups in total. The van der Waals surface area contributed by atoms with Crippen molar-refractivity contribution in [2.24, 2.45) is 0 Å². The monoisotopic (exact) mass is 298 g/mol. The molecule has 0 saturated heterocycles. The molecule has 3 rings (SSSR count). The van der Waals surface area contributed by atoms with Crippen LogP contribution >= 0.6 is 11.9 Å². The number of fused-ring (bicyclic) bond motifs is 1. The van der Waals surface area contributed by atoms with Crippen LogP contribution in [0.2, 0.25) is 0 Å². The van der Waals surface area contributed by atoms with Crippen molar-refractivity contribution in [1.82, 2.24) is 0 Å². The lowest BCUT2D eigenvalue weighted by molar-refractivity contribution is -0.116. The molecule has 0 fully saturated rings. The number of rotatable bonds is 3. The highest BCUT2D eigenvalue weighted by Crippen LogP contribution is 2.38. The van der Waals surface area contributed by atoms with E-state index in [1.807, 2.05) is 35.2 Å². The number of benzene rings is 2. The first-order valence-corrected chi connectivity index (χ1v) is 7.87. The first-order valence-electron chi connectivity index (χ1n) is 7.05. The van der Waals surface area contributed by atoms with Gasteiger partial charge in [-0.3, -0.25) is 4.79 Å². The van der Waals surface area contributed by atoms with Gasteiger partial charge >= 0.3 is 0 Å². The van der Waals surface area contributed by atoms with E-state index in [9.17, 15) is 4.79 Å². The van der Waals surface area contributed by atoms with Crippen molar-refractivity contribution in [3.63, 3.8) is 0 Å². The second-order valence-electron chi connectivity index (χ2n) is 5.32. The molecule has 0 bridgehead atoms. The Balaban J connectivity index is 1.77. The maximum atomic E-state index is 11.7. The Kier molecular flexibility index (Phi) is 3.88. The Bertz CT molecular complexity index is 657. The Morgan fingerprint density at radius 2 is 2.00 bits per heavy atom. The van der Waals surface area contributed by atoms with E-state index in [1.165, 1.54) is 5.56 Å². The van der Waals surface area contributed by atoms with Crippen LogP contribution in [0, 0.1) is 0 Å². The van der Waals surface area contributed by atoms with E-state index in [2.05, 4.69) is 29.8 Å². The lowest BCUT2D eigenvalue weighted by Gasteiger charge is -2.15. The average Bonchev–Trinajstić information content (AvgIpc) is 2.83. The minimum Gasteiger partial charge on any atom is -0.326 e. The number of hydrogen-bond donors (Lipinski definition) is 1. The van der Waals surface area contributed by atoms with Crippen molar-refractivity contribution in [1.29, 1.82) is 0 Å². The summed E-state index contributed by atoms with van der Waals surface area (Å²) in [4.78, 5) is 14.7. The van der Waals surface area contributed by atoms with Gasteiger partial charge in [-0.05, 0) is 47.8 Å². The molecule has 108 valence electrons. The summed E-state index contributed by atoms with van der Waals surface area (Å²) in [5, 5.41) is 0. The van der Waals surface area contributed by atoms with Crippen LogP contribution in [-0.2, 0) is 4.79 Å². The van der Waals surface area contributed by atoms with Crippen molar-refractivity contribution in [2.45, 2.75) is 24.7 Å². The second-order valence-corrected chi connectivity index (χ2v) is 6.20. The molecule has 1 aliphatic heterocycles. The van der Waals surface area contributed by atoms with E-state index < -0.39 is 0 Å². The zero-order valence-electron chi connectivity index (χ0n) is 12.2. The molecule has 21 heavy (non-hydrogen) atoms. The summed E-state index contributed by atoms with van der Waals surface area (Å²) in [7, 11) is 0. The highest BCUT2D eigenvalue weighted by Gasteiger charge is 2.28. The van der Waals surface area contributed by atoms with Gasteiger partial charge in [-0.2, -0.15) is 0 Å². The third-order valence-corrected chi connectivity index (χ3v) is 4.55.